The summed E-state index contributed by atoms with van der Waals surface area (Å²) in [6.07, 6.45) is 4.16. The van der Waals surface area contributed by atoms with E-state index in [2.05, 4.69) is 34.0 Å². The lowest BCUT2D eigenvalue weighted by Crippen LogP contribution is -2.56. The largest absolute Gasteiger partial charge is 0.351 e. The maximum Gasteiger partial charge on any atom is 0.132 e. The fourth-order valence-electron chi connectivity index (χ4n) is 2.39. The molecule has 0 spiro atoms. The summed E-state index contributed by atoms with van der Waals surface area (Å²) in [5.74, 6) is 1.92. The molecule has 1 fully saturated rings. The number of hydrogen-bond donors (Lipinski definition) is 1. The van der Waals surface area contributed by atoms with Crippen LogP contribution in [0, 0.1) is 6.92 Å². The molecule has 0 amide bonds. The molecular formula is C13H22N4. The highest BCUT2D eigenvalue weighted by atomic mass is 15.3. The molecule has 2 unspecified atom stereocenters. The van der Waals surface area contributed by atoms with Gasteiger partial charge in [0.1, 0.15) is 11.6 Å². The molecule has 1 saturated heterocycles. The van der Waals surface area contributed by atoms with Crippen molar-refractivity contribution in [2.24, 2.45) is 0 Å². The number of rotatable bonds is 3. The predicted octanol–water partition coefficient (Wildman–Crippen LogP) is 1.75. The number of nitrogens with one attached hydrogen (secondary N) is 1. The number of aryl methyl sites for hydroxylation is 1. The lowest BCUT2D eigenvalue weighted by molar-refractivity contribution is 0.376. The van der Waals surface area contributed by atoms with Gasteiger partial charge in [0, 0.05) is 31.4 Å². The van der Waals surface area contributed by atoms with Crippen LogP contribution < -0.4 is 10.2 Å². The zero-order valence-electron chi connectivity index (χ0n) is 11.0. The summed E-state index contributed by atoms with van der Waals surface area (Å²) in [7, 11) is 0. The average Bonchev–Trinajstić information content (AvgIpc) is 2.38. The number of anilines is 1. The molecule has 1 N–H and O–H groups in total. The van der Waals surface area contributed by atoms with E-state index in [1.807, 2.05) is 19.2 Å². The summed E-state index contributed by atoms with van der Waals surface area (Å²) in [4.78, 5) is 11.2. The Morgan fingerprint density at radius 2 is 2.24 bits per heavy atom. The second-order valence-corrected chi connectivity index (χ2v) is 4.69. The van der Waals surface area contributed by atoms with Gasteiger partial charge in [-0.1, -0.05) is 13.8 Å². The summed E-state index contributed by atoms with van der Waals surface area (Å²) in [5.41, 5.74) is 0. The van der Waals surface area contributed by atoms with Crippen LogP contribution in [0.3, 0.4) is 0 Å². The quantitative estimate of drug-likeness (QED) is 0.865. The van der Waals surface area contributed by atoms with Crippen LogP contribution in [-0.4, -0.2) is 35.1 Å². The Kier molecular flexibility index (Phi) is 3.94. The van der Waals surface area contributed by atoms with Crippen molar-refractivity contribution in [3.05, 3.63) is 18.1 Å². The van der Waals surface area contributed by atoms with Gasteiger partial charge in [0.2, 0.25) is 0 Å². The summed E-state index contributed by atoms with van der Waals surface area (Å²) >= 11 is 0. The third kappa shape index (κ3) is 2.75. The normalized spacial score (nSPS) is 25.0. The average molecular weight is 234 g/mol. The van der Waals surface area contributed by atoms with Gasteiger partial charge in [-0.2, -0.15) is 0 Å². The Morgan fingerprint density at radius 3 is 2.88 bits per heavy atom. The van der Waals surface area contributed by atoms with Gasteiger partial charge >= 0.3 is 0 Å². The van der Waals surface area contributed by atoms with E-state index in [4.69, 9.17) is 0 Å². The van der Waals surface area contributed by atoms with Gasteiger partial charge in [0.15, 0.2) is 0 Å². The van der Waals surface area contributed by atoms with Gasteiger partial charge in [-0.25, -0.2) is 9.97 Å². The van der Waals surface area contributed by atoms with Crippen LogP contribution in [-0.2, 0) is 0 Å². The van der Waals surface area contributed by atoms with Gasteiger partial charge < -0.3 is 10.2 Å². The summed E-state index contributed by atoms with van der Waals surface area (Å²) in [6.45, 7) is 8.51. The van der Waals surface area contributed by atoms with Crippen LogP contribution in [0.15, 0.2) is 12.3 Å². The first-order valence-corrected chi connectivity index (χ1v) is 6.54. The molecule has 1 aliphatic heterocycles. The highest BCUT2D eigenvalue weighted by Gasteiger charge is 2.26. The Morgan fingerprint density at radius 1 is 1.41 bits per heavy atom. The van der Waals surface area contributed by atoms with Crippen molar-refractivity contribution in [2.75, 3.05) is 18.0 Å². The van der Waals surface area contributed by atoms with E-state index in [9.17, 15) is 0 Å². The van der Waals surface area contributed by atoms with Crippen LogP contribution in [0.1, 0.15) is 32.5 Å². The van der Waals surface area contributed by atoms with Gasteiger partial charge in [-0.15, -0.1) is 0 Å². The second kappa shape index (κ2) is 5.45. The maximum atomic E-state index is 4.55. The van der Waals surface area contributed by atoms with Crippen molar-refractivity contribution in [3.63, 3.8) is 0 Å². The highest BCUT2D eigenvalue weighted by molar-refractivity contribution is 5.40. The zero-order valence-corrected chi connectivity index (χ0v) is 11.0. The molecule has 17 heavy (non-hydrogen) atoms. The smallest absolute Gasteiger partial charge is 0.132 e. The van der Waals surface area contributed by atoms with E-state index in [-0.39, 0.29) is 0 Å². The lowest BCUT2D eigenvalue weighted by Gasteiger charge is -2.40. The third-order valence-electron chi connectivity index (χ3n) is 3.52. The Bertz CT molecular complexity index is 366. The number of aromatic nitrogens is 2. The van der Waals surface area contributed by atoms with Crippen LogP contribution in [0.5, 0.6) is 0 Å². The molecule has 4 nitrogen and oxygen atoms in total. The van der Waals surface area contributed by atoms with Crippen molar-refractivity contribution in [2.45, 2.75) is 45.7 Å². The second-order valence-electron chi connectivity index (χ2n) is 4.69. The molecule has 94 valence electrons. The van der Waals surface area contributed by atoms with Crippen molar-refractivity contribution < 1.29 is 0 Å². The van der Waals surface area contributed by atoms with E-state index in [1.54, 1.807) is 0 Å². The molecule has 1 aliphatic rings. The van der Waals surface area contributed by atoms with Gasteiger partial charge in [-0.3, -0.25) is 0 Å². The fourth-order valence-corrected chi connectivity index (χ4v) is 2.39. The predicted molar refractivity (Wildman–Crippen MR) is 70.3 cm³/mol. The van der Waals surface area contributed by atoms with Crippen molar-refractivity contribution in [3.8, 4) is 0 Å². The maximum absolute atomic E-state index is 4.55. The molecule has 0 bridgehead atoms. The van der Waals surface area contributed by atoms with Crippen molar-refractivity contribution >= 4 is 5.82 Å². The van der Waals surface area contributed by atoms with Crippen LogP contribution in [0.4, 0.5) is 5.82 Å². The third-order valence-corrected chi connectivity index (χ3v) is 3.52. The monoisotopic (exact) mass is 234 g/mol. The molecule has 4 heteroatoms. The molecule has 2 atom stereocenters. The number of hydrogen-bond acceptors (Lipinski definition) is 4. The van der Waals surface area contributed by atoms with Crippen molar-refractivity contribution in [1.82, 2.24) is 15.3 Å². The fraction of sp³-hybridized carbons (Fsp3) is 0.692. The van der Waals surface area contributed by atoms with Gasteiger partial charge in [0.05, 0.1) is 0 Å². The minimum atomic E-state index is 0.548. The molecule has 0 saturated carbocycles. The van der Waals surface area contributed by atoms with Gasteiger partial charge in [-0.05, 0) is 25.8 Å². The molecule has 1 aromatic heterocycles. The summed E-state index contributed by atoms with van der Waals surface area (Å²) in [5, 5.41) is 3.60. The minimum Gasteiger partial charge on any atom is -0.351 e. The van der Waals surface area contributed by atoms with Crippen LogP contribution in [0.25, 0.3) is 0 Å². The molecular weight excluding hydrogens is 212 g/mol. The van der Waals surface area contributed by atoms with Gasteiger partial charge in [0.25, 0.3) is 0 Å². The molecule has 0 aromatic carbocycles. The number of nitrogens with zero attached hydrogens (tertiary/aromatic N) is 3. The van der Waals surface area contributed by atoms with E-state index in [0.717, 1.165) is 37.6 Å². The zero-order chi connectivity index (χ0) is 12.3. The highest BCUT2D eigenvalue weighted by Crippen LogP contribution is 2.19. The van der Waals surface area contributed by atoms with E-state index in [1.165, 1.54) is 0 Å². The van der Waals surface area contributed by atoms with E-state index >= 15 is 0 Å². The summed E-state index contributed by atoms with van der Waals surface area (Å²) in [6, 6.07) is 3.15. The van der Waals surface area contributed by atoms with Crippen molar-refractivity contribution in [1.29, 1.82) is 0 Å². The molecule has 0 radical (unpaired) electrons. The van der Waals surface area contributed by atoms with Crippen LogP contribution in [0.2, 0.25) is 0 Å². The topological polar surface area (TPSA) is 41.1 Å². The first-order valence-electron chi connectivity index (χ1n) is 6.54. The molecule has 0 aliphatic carbocycles. The Hall–Kier alpha value is -1.16. The Labute approximate surface area is 103 Å². The standard InChI is InChI=1S/C13H22N4/c1-4-11-9-17(12(5-2)8-15-11)13-6-7-14-10(3)16-13/h6-7,11-12,15H,4-5,8-9H2,1-3H3. The summed E-state index contributed by atoms with van der Waals surface area (Å²) < 4.78 is 0. The number of piperazine rings is 1. The van der Waals surface area contributed by atoms with E-state index in [0.29, 0.717) is 12.1 Å². The minimum absolute atomic E-state index is 0.548. The lowest BCUT2D eigenvalue weighted by atomic mass is 10.1. The molecule has 2 heterocycles. The first-order chi connectivity index (χ1) is 8.24. The first kappa shape index (κ1) is 12.3. The molecule has 1 aromatic rings. The SMILES string of the molecule is CCC1CN(c2ccnc(C)n2)C(CC)CN1. The van der Waals surface area contributed by atoms with Crippen LogP contribution >= 0.6 is 0 Å². The Balaban J connectivity index is 2.20. The van der Waals surface area contributed by atoms with E-state index < -0.39 is 0 Å². The molecule has 2 rings (SSSR count).